The van der Waals surface area contributed by atoms with Crippen molar-refractivity contribution in [1.82, 2.24) is 21.3 Å². The summed E-state index contributed by atoms with van der Waals surface area (Å²) in [5.41, 5.74) is 56.0. The molecule has 0 aliphatic carbocycles. The van der Waals surface area contributed by atoms with Crippen LogP contribution in [-0.2, 0) is 158 Å². The number of amides is 1. The summed E-state index contributed by atoms with van der Waals surface area (Å²) in [6, 6.07) is 48.6. The van der Waals surface area contributed by atoms with Crippen LogP contribution in [0.1, 0.15) is 86.8 Å². The van der Waals surface area contributed by atoms with Crippen LogP contribution in [-0.4, -0.2) is 247 Å². The molecule has 15 unspecified atom stereocenters. The third kappa shape index (κ3) is 67.2. The molecule has 0 fully saturated rings. The number of ether oxygens (including phenoxy) is 6. The van der Waals surface area contributed by atoms with Crippen LogP contribution in [0.3, 0.4) is 0 Å². The summed E-state index contributed by atoms with van der Waals surface area (Å²) in [7, 11) is 5.13. The van der Waals surface area contributed by atoms with Gasteiger partial charge in [0.25, 0.3) is 12.9 Å². The summed E-state index contributed by atoms with van der Waals surface area (Å²) in [6.45, 7) is 7.67. The van der Waals surface area contributed by atoms with E-state index in [4.69, 9.17) is 114 Å². The quantitative estimate of drug-likeness (QED) is 0.00651. The third-order valence-electron chi connectivity index (χ3n) is 17.5. The van der Waals surface area contributed by atoms with E-state index in [0.29, 0.717) is 70.6 Å². The van der Waals surface area contributed by atoms with E-state index in [1.54, 1.807) is 0 Å². The van der Waals surface area contributed by atoms with Gasteiger partial charge in [-0.2, -0.15) is 43.8 Å². The van der Waals surface area contributed by atoms with Crippen molar-refractivity contribution in [2.75, 3.05) is 41.6 Å². The van der Waals surface area contributed by atoms with E-state index in [1.807, 2.05) is 226 Å². The van der Waals surface area contributed by atoms with Crippen LogP contribution in [0.25, 0.3) is 0 Å². The molecule has 1 amide bonds. The molecule has 0 bridgehead atoms. The summed E-state index contributed by atoms with van der Waals surface area (Å²) in [5, 5.41) is 63.2. The number of aliphatic carboxylic acids is 4. The minimum atomic E-state index is -1.01. The smallest absolute Gasteiger partial charge is 0.373 e. The molecule has 132 heavy (non-hydrogen) atoms. The van der Waals surface area contributed by atoms with E-state index >= 15 is 0 Å². The summed E-state index contributed by atoms with van der Waals surface area (Å²) in [4.78, 5) is 186. The van der Waals surface area contributed by atoms with Crippen molar-refractivity contribution in [3.8, 4) is 0 Å². The molecular formula is C86H122I2N12O32. The van der Waals surface area contributed by atoms with Gasteiger partial charge < -0.3 is 115 Å². The Morgan fingerprint density at radius 1 is 0.348 bits per heavy atom. The standard InChI is InChI=1S/C14H18N2O5.C14H20N2O5.2C13H20N2O3.2C9H11NO2.2C5H11NO2.4CO2.I2/c1-20-14(19)12(15)8-16(9-17)13(21-10-18)7-11-5-3-2-4-6-11;1-20-14(18)11(7-10-5-3-2-4-6-10)13(16-19)12(15)8-21-9-17;2*1-2-11(14)12(15-18)10(13(16)17)8-9-6-4-3-5-7-9;2*10-8(9(11)12)6-7-4-2-1-3-5-7;2*1-3-4(6)5(7)8-2;4*2-1-3;1-2/h2-6,9-10,12-13H,7-8,15H2,1H3;2-6,9,11-13,16,19H,7-8,15H2,1H3;2*3-7,10-12,15,18H,2,8,14H2,1H3,(H,16,17);2*1-5,8H,6,10H2,(H,11,12);2*4H,3,6H2,1-2H3;;;;;. The van der Waals surface area contributed by atoms with Gasteiger partial charge in [-0.1, -0.05) is 210 Å². The van der Waals surface area contributed by atoms with Gasteiger partial charge in [0.2, 0.25) is 6.41 Å². The Morgan fingerprint density at radius 2 is 0.591 bits per heavy atom. The lowest BCUT2D eigenvalue weighted by molar-refractivity contribution is -0.193. The van der Waals surface area contributed by atoms with Gasteiger partial charge in [-0.05, 0) is 91.2 Å². The number of hydrogen-bond acceptors (Lipinski definition) is 39. The molecule has 6 rings (SSSR count). The second-order valence-corrected chi connectivity index (χ2v) is 26.3. The fraction of sp³-hybridized carbons (Fsp3) is 0.407. The minimum Gasteiger partial charge on any atom is -0.481 e. The Kier molecular flexibility index (Phi) is 90.2. The molecule has 732 valence electrons. The van der Waals surface area contributed by atoms with E-state index in [9.17, 15) is 68.2 Å². The second-order valence-electron chi connectivity index (χ2n) is 26.3. The molecule has 0 saturated heterocycles. The fourth-order valence-electron chi connectivity index (χ4n) is 10.4. The molecule has 0 heterocycles. The van der Waals surface area contributed by atoms with Gasteiger partial charge in [-0.25, -0.2) is 11.0 Å². The van der Waals surface area contributed by atoms with Crippen molar-refractivity contribution in [1.29, 1.82) is 0 Å². The van der Waals surface area contributed by atoms with Gasteiger partial charge >= 0.3 is 72.4 Å². The van der Waals surface area contributed by atoms with Crippen LogP contribution in [0.5, 0.6) is 0 Å². The Balaban J connectivity index is -0.000000269. The van der Waals surface area contributed by atoms with E-state index < -0.39 is 126 Å². The van der Waals surface area contributed by atoms with Crippen molar-refractivity contribution in [3.63, 3.8) is 0 Å². The maximum absolute atomic E-state index is 12.0. The number of halogens is 2. The van der Waals surface area contributed by atoms with Crippen LogP contribution >= 0.6 is 37.2 Å². The van der Waals surface area contributed by atoms with Crippen molar-refractivity contribution < 1.29 is 156 Å². The number of nitrogens with zero attached hydrogens (tertiary/aromatic N) is 1. The molecule has 0 aliphatic rings. The SMILES string of the molecule is CCC(N)C(=O)OC.CCC(N)C(=O)OC.CCC(N)C(NO)C(Cc1ccccc1)C(=O)O.CCC(N)C(NO)C(Cc1ccccc1)C(=O)O.COC(=O)C(Cc1ccccc1)C(NO)C(N)COC=O.COC(=O)C(N)CN(C=O)C(Cc1ccccc1)OC=O.II.NC(Cc1ccccc1)C(=O)O.NC(Cc1ccccc1)C(=O)O.O=C=O.O=C=O.O=C=O.O=C=O. The number of rotatable bonds is 42. The van der Waals surface area contributed by atoms with Gasteiger partial charge in [-0.3, -0.25) is 52.7 Å². The lowest BCUT2D eigenvalue weighted by Crippen LogP contribution is -2.53. The highest BCUT2D eigenvalue weighted by atomic mass is 128. The summed E-state index contributed by atoms with van der Waals surface area (Å²) in [6.07, 6.45) is 5.17. The van der Waals surface area contributed by atoms with Gasteiger partial charge in [0, 0.05) is 62.3 Å². The highest BCUT2D eigenvalue weighted by molar-refractivity contribution is 15.0. The molecule has 46 heteroatoms. The highest BCUT2D eigenvalue weighted by Crippen LogP contribution is 2.20. The number of carboxylic acids is 4. The lowest BCUT2D eigenvalue weighted by Gasteiger charge is -2.28. The number of benzene rings is 6. The highest BCUT2D eigenvalue weighted by Gasteiger charge is 2.36. The van der Waals surface area contributed by atoms with Crippen molar-refractivity contribution in [3.05, 3.63) is 215 Å². The first-order valence-electron chi connectivity index (χ1n) is 39.1. The molecule has 0 spiro atoms. The Bertz CT molecular complexity index is 3940. The number of hydroxylamine groups is 3. The van der Waals surface area contributed by atoms with E-state index in [2.05, 4.69) is 56.2 Å². The predicted octanol–water partition coefficient (Wildman–Crippen LogP) is 2.09. The van der Waals surface area contributed by atoms with Crippen molar-refractivity contribution >= 4 is 129 Å². The zero-order valence-corrected chi connectivity index (χ0v) is 78.2. The largest absolute Gasteiger partial charge is 0.481 e. The molecule has 0 aromatic heterocycles. The fourth-order valence-corrected chi connectivity index (χ4v) is 10.4. The summed E-state index contributed by atoms with van der Waals surface area (Å²) >= 11 is 4.24. The summed E-state index contributed by atoms with van der Waals surface area (Å²) in [5.74, 6) is -7.91. The number of hydrogen-bond donors (Lipinski definition) is 18. The van der Waals surface area contributed by atoms with Crippen LogP contribution < -0.4 is 62.3 Å². The number of carboxylic acid groups (broad SMARTS) is 4. The maximum atomic E-state index is 12.0. The average molecular weight is 2090 g/mol. The van der Waals surface area contributed by atoms with Crippen molar-refractivity contribution in [2.45, 2.75) is 165 Å². The zero-order valence-electron chi connectivity index (χ0n) is 73.9. The van der Waals surface area contributed by atoms with Crippen LogP contribution in [0.4, 0.5) is 0 Å². The molecular weight excluding hydrogens is 1970 g/mol. The number of nitrogens with two attached hydrogens (primary N) is 8. The van der Waals surface area contributed by atoms with Gasteiger partial charge in [-0.15, -0.1) is 0 Å². The van der Waals surface area contributed by atoms with Gasteiger partial charge in [0.15, 0.2) is 6.23 Å². The predicted molar refractivity (Wildman–Crippen MR) is 485 cm³/mol. The van der Waals surface area contributed by atoms with Crippen LogP contribution in [0.15, 0.2) is 182 Å². The normalized spacial score (nSPS) is 12.9. The number of carbonyl (C=O) groups is 11. The van der Waals surface area contributed by atoms with E-state index in [1.165, 1.54) is 28.4 Å². The summed E-state index contributed by atoms with van der Waals surface area (Å²) < 4.78 is 27.4. The van der Waals surface area contributed by atoms with Crippen LogP contribution in [0, 0.1) is 17.8 Å². The topological polar surface area (TPSA) is 769 Å². The number of carbonyl (C=O) groups excluding carboxylic acids is 15. The molecule has 26 N–H and O–H groups in total. The molecule has 15 atom stereocenters. The second kappa shape index (κ2) is 89.5. The van der Waals surface area contributed by atoms with Gasteiger partial charge in [0.05, 0.1) is 70.4 Å². The van der Waals surface area contributed by atoms with E-state index in [-0.39, 0.29) is 62.6 Å². The third-order valence-corrected chi connectivity index (χ3v) is 17.5. The lowest BCUT2D eigenvalue weighted by atomic mass is 9.87. The number of esters is 4. The minimum absolute atomic E-state index is 0.110. The Labute approximate surface area is 786 Å². The molecule has 0 radical (unpaired) electrons. The molecule has 0 saturated carbocycles. The van der Waals surface area contributed by atoms with Gasteiger partial charge in [0.1, 0.15) is 36.8 Å². The first-order valence-corrected chi connectivity index (χ1v) is 45.4. The monoisotopic (exact) mass is 2090 g/mol. The average Bonchev–Trinajstić information content (AvgIpc) is 0.858. The van der Waals surface area contributed by atoms with Crippen molar-refractivity contribution in [2.24, 2.45) is 63.6 Å². The van der Waals surface area contributed by atoms with Crippen LogP contribution in [0.2, 0.25) is 0 Å². The molecule has 6 aromatic rings. The molecule has 6 aromatic carbocycles. The first kappa shape index (κ1) is 133. The molecule has 0 aliphatic heterocycles. The number of nitrogens with one attached hydrogen (secondary N) is 3. The first-order chi connectivity index (χ1) is 62.9. The number of methoxy groups -OCH3 is 4. The molecule has 44 nitrogen and oxygen atoms in total. The Hall–Kier alpha value is -12.1. The Morgan fingerprint density at radius 3 is 0.795 bits per heavy atom. The maximum Gasteiger partial charge on any atom is 0.373 e. The zero-order chi connectivity index (χ0) is 102. The van der Waals surface area contributed by atoms with E-state index in [0.717, 1.165) is 38.3 Å².